The van der Waals surface area contributed by atoms with Crippen LogP contribution < -0.4 is 0 Å². The van der Waals surface area contributed by atoms with Gasteiger partial charge in [-0.1, -0.05) is 18.2 Å². The van der Waals surface area contributed by atoms with Crippen molar-refractivity contribution >= 4 is 5.78 Å². The molecule has 0 N–H and O–H groups in total. The molecule has 2 heteroatoms. The Hall–Kier alpha value is -1.15. The standard InChI is InChI=1S/C17H22O2/c1-13(18)8-9-17(11-19-12-17)16-7-6-14-4-2-3-5-15(14)10-16/h6-7,10H,2-5,8-9,11-12H2,1H3. The highest BCUT2D eigenvalue weighted by Gasteiger charge is 2.40. The van der Waals surface area contributed by atoms with Gasteiger partial charge in [-0.3, -0.25) is 0 Å². The van der Waals surface area contributed by atoms with E-state index in [-0.39, 0.29) is 11.2 Å². The third-order valence-corrected chi connectivity index (χ3v) is 4.67. The summed E-state index contributed by atoms with van der Waals surface area (Å²) in [6, 6.07) is 6.96. The molecule has 0 atom stereocenters. The predicted molar refractivity (Wildman–Crippen MR) is 75.5 cm³/mol. The first kappa shape index (κ1) is 12.9. The lowest BCUT2D eigenvalue weighted by Crippen LogP contribution is -2.47. The van der Waals surface area contributed by atoms with Gasteiger partial charge in [0.15, 0.2) is 0 Å². The van der Waals surface area contributed by atoms with E-state index in [0.29, 0.717) is 6.42 Å². The van der Waals surface area contributed by atoms with Crippen molar-refractivity contribution in [3.8, 4) is 0 Å². The van der Waals surface area contributed by atoms with E-state index in [1.165, 1.54) is 42.4 Å². The molecule has 3 rings (SSSR count). The van der Waals surface area contributed by atoms with E-state index in [1.54, 1.807) is 6.92 Å². The summed E-state index contributed by atoms with van der Waals surface area (Å²) in [5.41, 5.74) is 4.55. The second-order valence-electron chi connectivity index (χ2n) is 6.17. The third kappa shape index (κ3) is 2.46. The van der Waals surface area contributed by atoms with Gasteiger partial charge in [0, 0.05) is 11.8 Å². The van der Waals surface area contributed by atoms with Crippen molar-refractivity contribution in [2.75, 3.05) is 13.2 Å². The molecule has 0 spiro atoms. The fraction of sp³-hybridized carbons (Fsp3) is 0.588. The van der Waals surface area contributed by atoms with Crippen molar-refractivity contribution in [3.63, 3.8) is 0 Å². The molecule has 2 aliphatic rings. The van der Waals surface area contributed by atoms with Gasteiger partial charge in [0.1, 0.15) is 5.78 Å². The number of aryl methyl sites for hydroxylation is 2. The molecule has 102 valence electrons. The molecule has 0 saturated carbocycles. The largest absolute Gasteiger partial charge is 0.379 e. The van der Waals surface area contributed by atoms with Crippen LogP contribution in [0.5, 0.6) is 0 Å². The van der Waals surface area contributed by atoms with Crippen LogP contribution in [0.4, 0.5) is 0 Å². The van der Waals surface area contributed by atoms with Gasteiger partial charge in [-0.2, -0.15) is 0 Å². The Morgan fingerprint density at radius 1 is 1.21 bits per heavy atom. The topological polar surface area (TPSA) is 26.3 Å². The minimum atomic E-state index is 0.109. The van der Waals surface area contributed by atoms with E-state index in [9.17, 15) is 4.79 Å². The van der Waals surface area contributed by atoms with Crippen LogP contribution in [0.3, 0.4) is 0 Å². The number of hydrogen-bond acceptors (Lipinski definition) is 2. The van der Waals surface area contributed by atoms with E-state index in [1.807, 2.05) is 0 Å². The summed E-state index contributed by atoms with van der Waals surface area (Å²) in [5, 5.41) is 0. The summed E-state index contributed by atoms with van der Waals surface area (Å²) >= 11 is 0. The summed E-state index contributed by atoms with van der Waals surface area (Å²) in [6.45, 7) is 3.23. The van der Waals surface area contributed by atoms with Gasteiger partial charge in [-0.15, -0.1) is 0 Å². The van der Waals surface area contributed by atoms with E-state index < -0.39 is 0 Å². The molecule has 0 bridgehead atoms. The van der Waals surface area contributed by atoms with Crippen molar-refractivity contribution in [1.82, 2.24) is 0 Å². The lowest BCUT2D eigenvalue weighted by atomic mass is 9.73. The van der Waals surface area contributed by atoms with Gasteiger partial charge in [0.05, 0.1) is 13.2 Å². The highest BCUT2D eigenvalue weighted by Crippen LogP contribution is 2.38. The predicted octanol–water partition coefficient (Wildman–Crippen LogP) is 3.20. The number of carbonyl (C=O) groups excluding carboxylic acids is 1. The fourth-order valence-electron chi connectivity index (χ4n) is 3.28. The van der Waals surface area contributed by atoms with Gasteiger partial charge in [0.2, 0.25) is 0 Å². The molecule has 1 fully saturated rings. The molecule has 2 nitrogen and oxygen atoms in total. The third-order valence-electron chi connectivity index (χ3n) is 4.67. The molecule has 1 heterocycles. The van der Waals surface area contributed by atoms with E-state index >= 15 is 0 Å². The Kier molecular flexibility index (Phi) is 3.44. The Morgan fingerprint density at radius 2 is 1.95 bits per heavy atom. The minimum absolute atomic E-state index is 0.109. The molecule has 0 radical (unpaired) electrons. The minimum Gasteiger partial charge on any atom is -0.379 e. The average molecular weight is 258 g/mol. The zero-order chi connectivity index (χ0) is 13.3. The molecule has 0 aromatic heterocycles. The maximum atomic E-state index is 11.3. The van der Waals surface area contributed by atoms with E-state index in [2.05, 4.69) is 18.2 Å². The van der Waals surface area contributed by atoms with Crippen molar-refractivity contribution in [2.45, 2.75) is 50.9 Å². The van der Waals surface area contributed by atoms with Gasteiger partial charge in [0.25, 0.3) is 0 Å². The van der Waals surface area contributed by atoms with Crippen LogP contribution in [0, 0.1) is 0 Å². The highest BCUT2D eigenvalue weighted by atomic mass is 16.5. The fourth-order valence-corrected chi connectivity index (χ4v) is 3.28. The highest BCUT2D eigenvalue weighted by molar-refractivity contribution is 5.75. The summed E-state index contributed by atoms with van der Waals surface area (Å²) in [7, 11) is 0. The van der Waals surface area contributed by atoms with Gasteiger partial charge in [-0.05, 0) is 55.7 Å². The van der Waals surface area contributed by atoms with Crippen LogP contribution in [0.25, 0.3) is 0 Å². The van der Waals surface area contributed by atoms with Crippen molar-refractivity contribution in [2.24, 2.45) is 0 Å². The number of benzene rings is 1. The molecular weight excluding hydrogens is 236 g/mol. The molecule has 1 saturated heterocycles. The van der Waals surface area contributed by atoms with Gasteiger partial charge in [-0.25, -0.2) is 0 Å². The average Bonchev–Trinajstić information content (AvgIpc) is 2.37. The SMILES string of the molecule is CC(=O)CCC1(c2ccc3c(c2)CCCC3)COC1. The summed E-state index contributed by atoms with van der Waals surface area (Å²) in [5.74, 6) is 0.282. The van der Waals surface area contributed by atoms with Crippen LogP contribution in [-0.4, -0.2) is 19.0 Å². The molecule has 1 aromatic rings. The van der Waals surface area contributed by atoms with Crippen LogP contribution >= 0.6 is 0 Å². The van der Waals surface area contributed by atoms with Gasteiger partial charge < -0.3 is 9.53 Å². The number of ether oxygens (including phenoxy) is 1. The van der Waals surface area contributed by atoms with Gasteiger partial charge >= 0.3 is 0 Å². The van der Waals surface area contributed by atoms with Crippen molar-refractivity contribution in [3.05, 3.63) is 34.9 Å². The monoisotopic (exact) mass is 258 g/mol. The number of hydrogen-bond donors (Lipinski definition) is 0. The number of Topliss-reactive ketones (excluding diaryl/α,β-unsaturated/α-hetero) is 1. The zero-order valence-electron chi connectivity index (χ0n) is 11.7. The molecule has 0 unspecified atom stereocenters. The molecular formula is C17H22O2. The Morgan fingerprint density at radius 3 is 2.58 bits per heavy atom. The van der Waals surface area contributed by atoms with Crippen LogP contribution in [-0.2, 0) is 27.8 Å². The van der Waals surface area contributed by atoms with Crippen molar-refractivity contribution in [1.29, 1.82) is 0 Å². The molecule has 1 aliphatic carbocycles. The summed E-state index contributed by atoms with van der Waals surface area (Å²) in [6.07, 6.45) is 6.68. The smallest absolute Gasteiger partial charge is 0.129 e. The maximum absolute atomic E-state index is 11.3. The lowest BCUT2D eigenvalue weighted by Gasteiger charge is -2.42. The summed E-state index contributed by atoms with van der Waals surface area (Å²) < 4.78 is 5.46. The van der Waals surface area contributed by atoms with Crippen molar-refractivity contribution < 1.29 is 9.53 Å². The Labute approximate surface area is 115 Å². The first-order chi connectivity index (χ1) is 9.20. The Bertz CT molecular complexity index is 486. The molecule has 0 amide bonds. The summed E-state index contributed by atoms with van der Waals surface area (Å²) in [4.78, 5) is 11.3. The number of rotatable bonds is 4. The maximum Gasteiger partial charge on any atom is 0.129 e. The molecule has 1 aromatic carbocycles. The quantitative estimate of drug-likeness (QED) is 0.829. The molecule has 19 heavy (non-hydrogen) atoms. The van der Waals surface area contributed by atoms with Crippen LogP contribution in [0.2, 0.25) is 0 Å². The van der Waals surface area contributed by atoms with Crippen LogP contribution in [0.15, 0.2) is 18.2 Å². The zero-order valence-corrected chi connectivity index (χ0v) is 11.7. The first-order valence-corrected chi connectivity index (χ1v) is 7.39. The molecule has 1 aliphatic heterocycles. The number of carbonyl (C=O) groups is 1. The Balaban J connectivity index is 1.85. The van der Waals surface area contributed by atoms with E-state index in [0.717, 1.165) is 19.6 Å². The number of fused-ring (bicyclic) bond motifs is 1. The van der Waals surface area contributed by atoms with E-state index in [4.69, 9.17) is 4.74 Å². The lowest BCUT2D eigenvalue weighted by molar-refractivity contribution is -0.119. The second-order valence-corrected chi connectivity index (χ2v) is 6.17. The second kappa shape index (κ2) is 5.09. The first-order valence-electron chi connectivity index (χ1n) is 7.39. The van der Waals surface area contributed by atoms with Crippen LogP contribution in [0.1, 0.15) is 49.3 Å². The number of ketones is 1. The normalized spacial score (nSPS) is 20.5.